The van der Waals surface area contributed by atoms with Crippen molar-refractivity contribution in [3.05, 3.63) is 41.6 Å². The number of benzene rings is 1. The zero-order valence-electron chi connectivity index (χ0n) is 19.2. The number of nitrogens with zero attached hydrogens (tertiary/aromatic N) is 3. The summed E-state index contributed by atoms with van der Waals surface area (Å²) in [6, 6.07) is 8.31. The van der Waals surface area contributed by atoms with Crippen LogP contribution >= 0.6 is 0 Å². The first-order valence-corrected chi connectivity index (χ1v) is 11.9. The molecule has 1 saturated heterocycles. The summed E-state index contributed by atoms with van der Waals surface area (Å²) in [6.07, 6.45) is 8.87. The van der Waals surface area contributed by atoms with Crippen LogP contribution in [0.2, 0.25) is 0 Å². The van der Waals surface area contributed by atoms with Crippen molar-refractivity contribution in [1.29, 1.82) is 0 Å². The van der Waals surface area contributed by atoms with Gasteiger partial charge in [-0.2, -0.15) is 0 Å². The number of hydrogen-bond acceptors (Lipinski definition) is 5. The normalized spacial score (nSPS) is 17.5. The van der Waals surface area contributed by atoms with Gasteiger partial charge in [0, 0.05) is 54.6 Å². The minimum atomic E-state index is 0.0938. The van der Waals surface area contributed by atoms with E-state index < -0.39 is 0 Å². The van der Waals surface area contributed by atoms with Crippen molar-refractivity contribution in [2.45, 2.75) is 58.4 Å². The molecule has 2 N–H and O–H groups in total. The number of pyridine rings is 1. The Bertz CT molecular complexity index is 959. The smallest absolute Gasteiger partial charge is 0.230 e. The maximum atomic E-state index is 13.2. The van der Waals surface area contributed by atoms with Crippen molar-refractivity contribution >= 4 is 23.7 Å². The Morgan fingerprint density at radius 2 is 1.88 bits per heavy atom. The van der Waals surface area contributed by atoms with Gasteiger partial charge in [-0.15, -0.1) is 0 Å². The molecule has 0 bridgehead atoms. The fraction of sp³-hybridized carbons (Fsp3) is 0.500. The van der Waals surface area contributed by atoms with E-state index in [2.05, 4.69) is 11.0 Å². The van der Waals surface area contributed by atoms with Gasteiger partial charge in [-0.1, -0.05) is 12.8 Å². The quantitative estimate of drug-likeness (QED) is 0.684. The Hall–Kier alpha value is -2.73. The zero-order chi connectivity index (χ0) is 22.7. The van der Waals surface area contributed by atoms with Crippen molar-refractivity contribution in [3.63, 3.8) is 0 Å². The lowest BCUT2D eigenvalue weighted by molar-refractivity contribution is -0.122. The first kappa shape index (κ1) is 22.5. The van der Waals surface area contributed by atoms with Crippen molar-refractivity contribution in [2.75, 3.05) is 29.4 Å². The van der Waals surface area contributed by atoms with Gasteiger partial charge in [0.2, 0.25) is 5.91 Å². The predicted octanol–water partition coefficient (Wildman–Crippen LogP) is 4.34. The van der Waals surface area contributed by atoms with Crippen LogP contribution in [0.5, 0.6) is 0 Å². The number of hydrogen-bond donors (Lipinski definition) is 1. The molecule has 0 atom stereocenters. The second-order valence-corrected chi connectivity index (χ2v) is 9.12. The Kier molecular flexibility index (Phi) is 6.89. The maximum Gasteiger partial charge on any atom is 0.230 e. The van der Waals surface area contributed by atoms with E-state index in [0.717, 1.165) is 86.1 Å². The number of carbonyl (C=O) groups is 2. The largest absolute Gasteiger partial charge is 0.357 e. The van der Waals surface area contributed by atoms with Crippen LogP contribution < -0.4 is 15.5 Å². The second kappa shape index (κ2) is 9.82. The molecule has 1 aliphatic carbocycles. The third-order valence-corrected chi connectivity index (χ3v) is 7.07. The van der Waals surface area contributed by atoms with Gasteiger partial charge < -0.3 is 15.5 Å². The molecular formula is C26H34N4O2. The van der Waals surface area contributed by atoms with Crippen LogP contribution in [0.25, 0.3) is 11.1 Å². The number of aromatic nitrogens is 1. The van der Waals surface area contributed by atoms with E-state index in [1.165, 1.54) is 0 Å². The molecule has 0 radical (unpaired) electrons. The molecule has 2 fully saturated rings. The lowest BCUT2D eigenvalue weighted by Gasteiger charge is -2.31. The number of amides is 1. The maximum absolute atomic E-state index is 13.2. The van der Waals surface area contributed by atoms with Crippen molar-refractivity contribution in [1.82, 2.24) is 4.98 Å². The van der Waals surface area contributed by atoms with Gasteiger partial charge in [-0.3, -0.25) is 9.59 Å². The fourth-order valence-corrected chi connectivity index (χ4v) is 5.00. The van der Waals surface area contributed by atoms with Gasteiger partial charge in [0.15, 0.2) is 0 Å². The Morgan fingerprint density at radius 3 is 2.47 bits per heavy atom. The number of carbonyl (C=O) groups excluding carboxylic acids is 2. The van der Waals surface area contributed by atoms with Gasteiger partial charge in [0.25, 0.3) is 0 Å². The van der Waals surface area contributed by atoms with Gasteiger partial charge in [-0.25, -0.2) is 4.98 Å². The van der Waals surface area contributed by atoms with Crippen LogP contribution in [0.15, 0.2) is 30.5 Å². The number of rotatable bonds is 6. The number of anilines is 2. The van der Waals surface area contributed by atoms with Crippen LogP contribution in [-0.2, 0) is 4.79 Å². The van der Waals surface area contributed by atoms with Gasteiger partial charge in [-0.05, 0) is 74.9 Å². The van der Waals surface area contributed by atoms with Crippen molar-refractivity contribution in [2.24, 2.45) is 11.7 Å². The molecule has 0 unspecified atom stereocenters. The van der Waals surface area contributed by atoms with Crippen LogP contribution in [0.3, 0.4) is 0 Å². The van der Waals surface area contributed by atoms with E-state index in [1.807, 2.05) is 43.1 Å². The first-order valence-electron chi connectivity index (χ1n) is 11.9. The minimum absolute atomic E-state index is 0.0938. The first-order chi connectivity index (χ1) is 15.5. The summed E-state index contributed by atoms with van der Waals surface area (Å²) < 4.78 is 0. The van der Waals surface area contributed by atoms with Gasteiger partial charge >= 0.3 is 0 Å². The molecule has 1 amide bonds. The Balaban J connectivity index is 1.64. The summed E-state index contributed by atoms with van der Waals surface area (Å²) in [5.74, 6) is 1.23. The molecule has 1 aliphatic heterocycles. The number of nitrogens with two attached hydrogens (primary N) is 1. The van der Waals surface area contributed by atoms with E-state index in [0.29, 0.717) is 12.1 Å². The third kappa shape index (κ3) is 4.56. The molecule has 2 aliphatic rings. The number of aldehydes is 1. The second-order valence-electron chi connectivity index (χ2n) is 9.12. The fourth-order valence-electron chi connectivity index (χ4n) is 5.00. The summed E-state index contributed by atoms with van der Waals surface area (Å²) in [4.78, 5) is 33.9. The third-order valence-electron chi connectivity index (χ3n) is 7.07. The highest BCUT2D eigenvalue weighted by molar-refractivity contribution is 5.98. The summed E-state index contributed by atoms with van der Waals surface area (Å²) >= 11 is 0. The predicted molar refractivity (Wildman–Crippen MR) is 129 cm³/mol. The van der Waals surface area contributed by atoms with Crippen LogP contribution in [0, 0.1) is 12.8 Å². The highest BCUT2D eigenvalue weighted by atomic mass is 16.2. The molecule has 1 aromatic carbocycles. The summed E-state index contributed by atoms with van der Waals surface area (Å²) in [5, 5.41) is 0. The average molecular weight is 435 g/mol. The van der Waals surface area contributed by atoms with E-state index in [9.17, 15) is 9.59 Å². The van der Waals surface area contributed by atoms with E-state index in [1.54, 1.807) is 0 Å². The summed E-state index contributed by atoms with van der Waals surface area (Å²) in [6.45, 7) is 6.36. The topological polar surface area (TPSA) is 79.5 Å². The average Bonchev–Trinajstić information content (AvgIpc) is 3.36. The van der Waals surface area contributed by atoms with Crippen LogP contribution in [0.4, 0.5) is 11.5 Å². The van der Waals surface area contributed by atoms with E-state index in [-0.39, 0.29) is 17.9 Å². The molecule has 6 heteroatoms. The summed E-state index contributed by atoms with van der Waals surface area (Å²) in [7, 11) is 0. The summed E-state index contributed by atoms with van der Waals surface area (Å²) in [5.41, 5.74) is 10.2. The molecule has 170 valence electrons. The zero-order valence-corrected chi connectivity index (χ0v) is 19.2. The molecule has 2 heterocycles. The minimum Gasteiger partial charge on any atom is -0.357 e. The molecule has 1 saturated carbocycles. The Labute approximate surface area is 190 Å². The van der Waals surface area contributed by atoms with Gasteiger partial charge in [0.1, 0.15) is 12.1 Å². The molecular weight excluding hydrogens is 400 g/mol. The molecule has 32 heavy (non-hydrogen) atoms. The van der Waals surface area contributed by atoms with Crippen LogP contribution in [-0.4, -0.2) is 42.9 Å². The molecule has 6 nitrogen and oxygen atoms in total. The van der Waals surface area contributed by atoms with Crippen molar-refractivity contribution in [3.8, 4) is 11.1 Å². The van der Waals surface area contributed by atoms with Gasteiger partial charge in [0.05, 0.1) is 0 Å². The van der Waals surface area contributed by atoms with E-state index in [4.69, 9.17) is 10.7 Å². The highest BCUT2D eigenvalue weighted by Gasteiger charge is 2.28. The highest BCUT2D eigenvalue weighted by Crippen LogP contribution is 2.34. The molecule has 0 spiro atoms. The Morgan fingerprint density at radius 1 is 1.16 bits per heavy atom. The SMILES string of the molecule is CCN(C(=O)C1CCCC1)c1cc(-c2ccc(N3CCC(N)CC3)nc2)cc(C=O)c1C. The van der Waals surface area contributed by atoms with E-state index >= 15 is 0 Å². The molecule has 1 aromatic heterocycles. The lowest BCUT2D eigenvalue weighted by Crippen LogP contribution is -2.40. The van der Waals surface area contributed by atoms with Crippen LogP contribution in [0.1, 0.15) is 61.4 Å². The lowest BCUT2D eigenvalue weighted by atomic mass is 9.97. The standard InChI is InChI=1S/C26H34N4O2/c1-3-30(26(32)19-6-4-5-7-19)24-15-21(14-22(17-31)18(24)2)20-8-9-25(28-16-20)29-12-10-23(27)11-13-29/h8-9,14-17,19,23H,3-7,10-13,27H2,1-2H3. The number of piperidine rings is 1. The monoisotopic (exact) mass is 434 g/mol. The molecule has 4 rings (SSSR count). The molecule has 2 aromatic rings. The van der Waals surface area contributed by atoms with Crippen molar-refractivity contribution < 1.29 is 9.59 Å².